The first-order valence-electron chi connectivity index (χ1n) is 10.5. The molecule has 0 saturated carbocycles. The number of carbonyl (C=O) groups excluding carboxylic acids is 4. The topological polar surface area (TPSA) is 111 Å². The smallest absolute Gasteiger partial charge is 0.374 e. The fraction of sp³-hybridized carbons (Fsp3) is 0.304. The van der Waals surface area contributed by atoms with Crippen molar-refractivity contribution < 1.29 is 33.4 Å². The number of β-lactam (4-membered cyclic amide) rings is 1. The number of benzene rings is 2. The maximum atomic E-state index is 13.1. The van der Waals surface area contributed by atoms with Crippen LogP contribution in [-0.4, -0.2) is 57.7 Å². The molecular formula is C23H19BrN2O7S. The summed E-state index contributed by atoms with van der Waals surface area (Å²) in [5.74, 6) is -1.82. The van der Waals surface area contributed by atoms with Gasteiger partial charge in [-0.2, -0.15) is 0 Å². The lowest BCUT2D eigenvalue weighted by molar-refractivity contribution is -0.208. The molecule has 3 aliphatic heterocycles. The summed E-state index contributed by atoms with van der Waals surface area (Å²) in [6.45, 7) is -0.295. The van der Waals surface area contributed by atoms with Gasteiger partial charge >= 0.3 is 11.9 Å². The summed E-state index contributed by atoms with van der Waals surface area (Å²) < 4.78 is 17.2. The van der Waals surface area contributed by atoms with Gasteiger partial charge in [-0.1, -0.05) is 46.3 Å². The van der Waals surface area contributed by atoms with Crippen molar-refractivity contribution in [2.75, 3.05) is 6.61 Å². The van der Waals surface area contributed by atoms with Gasteiger partial charge in [-0.05, 0) is 29.8 Å². The number of nitrogens with zero attached hydrogens (tertiary/aromatic N) is 1. The van der Waals surface area contributed by atoms with Crippen LogP contribution in [0.15, 0.2) is 59.1 Å². The Morgan fingerprint density at radius 1 is 1.15 bits per heavy atom. The van der Waals surface area contributed by atoms with Crippen molar-refractivity contribution in [3.63, 3.8) is 0 Å². The van der Waals surface area contributed by atoms with E-state index in [2.05, 4.69) is 21.2 Å². The number of fused-ring (bicyclic) bond motifs is 3. The van der Waals surface area contributed by atoms with E-state index in [1.54, 1.807) is 36.4 Å². The number of ether oxygens (including phenoxy) is 3. The zero-order valence-electron chi connectivity index (χ0n) is 17.6. The Labute approximate surface area is 207 Å². The second-order valence-electron chi connectivity index (χ2n) is 7.95. The molecule has 0 spiro atoms. The molecule has 2 amide bonds. The van der Waals surface area contributed by atoms with E-state index in [0.29, 0.717) is 5.75 Å². The van der Waals surface area contributed by atoms with Crippen LogP contribution in [-0.2, 0) is 35.3 Å². The standard InChI is InChI=1S/C23H19BrN2O7S/c24-14-8-6-13(7-9-14)11-32-22(30)23-16(10-18(28)33-23)34-21-19(20(29)26(21)23)25-17(27)12-31-15-4-2-1-3-5-15/h1-9,16,19,21H,10-12H2,(H,25,27)/t16-,19+,21+,23-/m0/s1. The highest BCUT2D eigenvalue weighted by atomic mass is 79.9. The highest BCUT2D eigenvalue weighted by molar-refractivity contribution is 9.10. The van der Waals surface area contributed by atoms with E-state index < -0.39 is 46.1 Å². The van der Waals surface area contributed by atoms with E-state index >= 15 is 0 Å². The molecule has 0 radical (unpaired) electrons. The van der Waals surface area contributed by atoms with Gasteiger partial charge in [0.1, 0.15) is 23.8 Å². The van der Waals surface area contributed by atoms with Crippen molar-refractivity contribution in [2.24, 2.45) is 0 Å². The second-order valence-corrected chi connectivity index (χ2v) is 10.2. The molecule has 34 heavy (non-hydrogen) atoms. The molecule has 1 N–H and O–H groups in total. The van der Waals surface area contributed by atoms with E-state index in [4.69, 9.17) is 14.2 Å². The lowest BCUT2D eigenvalue weighted by Crippen LogP contribution is -2.75. The van der Waals surface area contributed by atoms with Gasteiger partial charge in [0.25, 0.3) is 17.5 Å². The van der Waals surface area contributed by atoms with Crippen molar-refractivity contribution in [3.05, 3.63) is 64.6 Å². The van der Waals surface area contributed by atoms with E-state index in [1.807, 2.05) is 18.2 Å². The van der Waals surface area contributed by atoms with Gasteiger partial charge in [-0.15, -0.1) is 11.8 Å². The van der Waals surface area contributed by atoms with Gasteiger partial charge in [0.05, 0.1) is 11.7 Å². The third kappa shape index (κ3) is 3.92. The molecule has 11 heteroatoms. The Hall–Kier alpha value is -3.05. The van der Waals surface area contributed by atoms with Crippen LogP contribution < -0.4 is 10.1 Å². The number of rotatable bonds is 7. The number of thioether (sulfide) groups is 1. The number of nitrogens with one attached hydrogen (secondary N) is 1. The highest BCUT2D eigenvalue weighted by Crippen LogP contribution is 2.55. The minimum absolute atomic E-state index is 0.0316. The summed E-state index contributed by atoms with van der Waals surface area (Å²) in [4.78, 5) is 51.8. The molecule has 3 saturated heterocycles. The zero-order valence-corrected chi connectivity index (χ0v) is 20.0. The van der Waals surface area contributed by atoms with Crippen LogP contribution in [0.3, 0.4) is 0 Å². The predicted molar refractivity (Wildman–Crippen MR) is 123 cm³/mol. The maximum absolute atomic E-state index is 13.1. The number of amides is 2. The lowest BCUT2D eigenvalue weighted by Gasteiger charge is -2.46. The number of hydrogen-bond acceptors (Lipinski definition) is 8. The molecule has 0 aromatic heterocycles. The molecule has 9 nitrogen and oxygen atoms in total. The lowest BCUT2D eigenvalue weighted by atomic mass is 9.98. The minimum atomic E-state index is -1.82. The van der Waals surface area contributed by atoms with E-state index in [0.717, 1.165) is 10.0 Å². The fourth-order valence-corrected chi connectivity index (χ4v) is 6.16. The van der Waals surface area contributed by atoms with Gasteiger partial charge in [0, 0.05) is 4.47 Å². The average molecular weight is 547 g/mol. The molecule has 3 fully saturated rings. The van der Waals surface area contributed by atoms with E-state index in [9.17, 15) is 19.2 Å². The minimum Gasteiger partial charge on any atom is -0.484 e. The van der Waals surface area contributed by atoms with Gasteiger partial charge in [-0.3, -0.25) is 19.3 Å². The Morgan fingerprint density at radius 3 is 2.62 bits per heavy atom. The van der Waals surface area contributed by atoms with Gasteiger partial charge < -0.3 is 19.5 Å². The molecule has 0 aliphatic carbocycles. The van der Waals surface area contributed by atoms with Crippen LogP contribution in [0.2, 0.25) is 0 Å². The molecule has 5 rings (SSSR count). The Bertz CT molecular complexity index is 1150. The van der Waals surface area contributed by atoms with Gasteiger partial charge in [0.2, 0.25) is 0 Å². The molecular weight excluding hydrogens is 528 g/mol. The summed E-state index contributed by atoms with van der Waals surface area (Å²) in [7, 11) is 0. The first-order chi connectivity index (χ1) is 16.4. The number of para-hydroxylation sites is 1. The summed E-state index contributed by atoms with van der Waals surface area (Å²) >= 11 is 4.60. The van der Waals surface area contributed by atoms with Crippen molar-refractivity contribution in [1.82, 2.24) is 10.2 Å². The first kappa shape index (κ1) is 22.7. The largest absolute Gasteiger partial charge is 0.484 e. The molecule has 3 aliphatic rings. The molecule has 0 unspecified atom stereocenters. The van der Waals surface area contributed by atoms with E-state index in [-0.39, 0.29) is 19.6 Å². The molecule has 4 atom stereocenters. The number of esters is 2. The molecule has 0 bridgehead atoms. The van der Waals surface area contributed by atoms with Crippen LogP contribution in [0.4, 0.5) is 0 Å². The van der Waals surface area contributed by atoms with Gasteiger partial charge in [-0.25, -0.2) is 4.79 Å². The van der Waals surface area contributed by atoms with Crippen LogP contribution in [0.25, 0.3) is 0 Å². The predicted octanol–water partition coefficient (Wildman–Crippen LogP) is 1.98. The summed E-state index contributed by atoms with van der Waals surface area (Å²) in [5.41, 5.74) is -1.07. The van der Waals surface area contributed by atoms with Crippen LogP contribution in [0, 0.1) is 0 Å². The third-order valence-electron chi connectivity index (χ3n) is 5.77. The highest BCUT2D eigenvalue weighted by Gasteiger charge is 2.75. The summed E-state index contributed by atoms with van der Waals surface area (Å²) in [6, 6.07) is 15.2. The molecule has 2 aromatic rings. The first-order valence-corrected chi connectivity index (χ1v) is 12.2. The van der Waals surface area contributed by atoms with Crippen molar-refractivity contribution in [2.45, 2.75) is 35.4 Å². The molecule has 2 aromatic carbocycles. The Balaban J connectivity index is 1.24. The van der Waals surface area contributed by atoms with Crippen molar-refractivity contribution in [1.29, 1.82) is 0 Å². The molecule has 3 heterocycles. The maximum Gasteiger partial charge on any atom is 0.374 e. The average Bonchev–Trinajstić information content (AvgIpc) is 3.30. The second kappa shape index (κ2) is 8.95. The number of carbonyl (C=O) groups is 4. The Kier molecular flexibility index (Phi) is 5.98. The summed E-state index contributed by atoms with van der Waals surface area (Å²) in [6.07, 6.45) is -0.0316. The number of halogens is 1. The van der Waals surface area contributed by atoms with Crippen LogP contribution in [0.1, 0.15) is 12.0 Å². The van der Waals surface area contributed by atoms with E-state index in [1.165, 1.54) is 16.7 Å². The van der Waals surface area contributed by atoms with Crippen molar-refractivity contribution in [3.8, 4) is 5.75 Å². The van der Waals surface area contributed by atoms with Crippen LogP contribution >= 0.6 is 27.7 Å². The molecule has 176 valence electrons. The van der Waals surface area contributed by atoms with Crippen LogP contribution in [0.5, 0.6) is 5.75 Å². The normalized spacial score (nSPS) is 26.7. The monoisotopic (exact) mass is 546 g/mol. The fourth-order valence-electron chi connectivity index (χ4n) is 4.16. The van der Waals surface area contributed by atoms with Crippen molar-refractivity contribution >= 4 is 51.4 Å². The zero-order chi connectivity index (χ0) is 23.9. The number of hydrogen-bond donors (Lipinski definition) is 1. The SMILES string of the molecule is O=C(COc1ccccc1)N[C@@H]1C(=O)N2[C@@H]1S[C@H]1CC(=O)O[C@]12C(=O)OCc1ccc(Br)cc1. The summed E-state index contributed by atoms with van der Waals surface area (Å²) in [5, 5.41) is 1.49. The quantitative estimate of drug-likeness (QED) is 0.414. The Morgan fingerprint density at radius 2 is 1.88 bits per heavy atom. The third-order valence-corrected chi connectivity index (χ3v) is 7.87. The van der Waals surface area contributed by atoms with Gasteiger partial charge in [0.15, 0.2) is 6.61 Å².